The van der Waals surface area contributed by atoms with Gasteiger partial charge in [-0.15, -0.1) is 0 Å². The quantitative estimate of drug-likeness (QED) is 0.275. The van der Waals surface area contributed by atoms with Gasteiger partial charge in [-0.1, -0.05) is 60.7 Å². The molecular weight excluding hydrogens is 504 g/mol. The van der Waals surface area contributed by atoms with Gasteiger partial charge in [0.05, 0.1) is 22.4 Å². The Bertz CT molecular complexity index is 1680. The van der Waals surface area contributed by atoms with Crippen LogP contribution >= 0.6 is 0 Å². The van der Waals surface area contributed by atoms with Crippen molar-refractivity contribution in [1.82, 2.24) is 4.90 Å². The highest BCUT2D eigenvalue weighted by Crippen LogP contribution is 2.37. The average molecular weight is 529 g/mol. The third-order valence-corrected chi connectivity index (χ3v) is 7.05. The zero-order valence-corrected chi connectivity index (χ0v) is 21.5. The molecule has 0 spiro atoms. The molecule has 4 aromatic rings. The Kier molecular flexibility index (Phi) is 6.20. The molecule has 8 heteroatoms. The molecule has 2 aliphatic rings. The van der Waals surface area contributed by atoms with Crippen LogP contribution in [0.5, 0.6) is 0 Å². The number of rotatable bonds is 6. The van der Waals surface area contributed by atoms with Gasteiger partial charge < -0.3 is 15.5 Å². The van der Waals surface area contributed by atoms with Crippen LogP contribution in [0.3, 0.4) is 0 Å². The molecule has 8 nitrogen and oxygen atoms in total. The van der Waals surface area contributed by atoms with Crippen molar-refractivity contribution in [1.29, 1.82) is 0 Å². The fourth-order valence-electron chi connectivity index (χ4n) is 4.93. The first-order valence-corrected chi connectivity index (χ1v) is 12.7. The number of hydrogen-bond donors (Lipinski definition) is 2. The van der Waals surface area contributed by atoms with Gasteiger partial charge in [0.2, 0.25) is 5.91 Å². The molecule has 0 aromatic heterocycles. The normalized spacial score (nSPS) is 14.9. The number of carbonyl (C=O) groups is 4. The average Bonchev–Trinajstić information content (AvgIpc) is 3.44. The third-order valence-electron chi connectivity index (χ3n) is 7.05. The molecular formula is C32H24N4O4. The first kappa shape index (κ1) is 24.8. The minimum Gasteiger partial charge on any atom is -0.354 e. The number of nitrogens with one attached hydrogen (secondary N) is 2. The maximum atomic E-state index is 13.0. The van der Waals surface area contributed by atoms with E-state index in [1.807, 2.05) is 66.7 Å². The topological polar surface area (TPSA) is 98.8 Å². The number of nitrogens with zero attached hydrogens (tertiary/aromatic N) is 2. The van der Waals surface area contributed by atoms with Crippen LogP contribution in [0.1, 0.15) is 31.8 Å². The van der Waals surface area contributed by atoms with E-state index in [0.29, 0.717) is 33.8 Å². The number of fused-ring (bicyclic) bond motifs is 2. The van der Waals surface area contributed by atoms with E-state index in [9.17, 15) is 19.2 Å². The first-order chi connectivity index (χ1) is 19.4. The summed E-state index contributed by atoms with van der Waals surface area (Å²) in [6, 6.07) is 30.8. The standard InChI is InChI=1S/C32H24N4O4/c1-35(27(37)19-36-31(39)23-11-5-6-12-24(23)32(36)40)22-17-15-21(16-18-22)33-29(20-9-3-2-4-10-20)28-25-13-7-8-14-26(25)34-30(28)38/h2-18,33H,19H2,1H3,(H,34,38)/b29-28-. The molecule has 0 aliphatic carbocycles. The van der Waals surface area contributed by atoms with E-state index in [2.05, 4.69) is 10.6 Å². The van der Waals surface area contributed by atoms with Crippen LogP contribution in [0.25, 0.3) is 11.3 Å². The molecule has 0 fully saturated rings. The van der Waals surface area contributed by atoms with Crippen LogP contribution in [0.15, 0.2) is 103 Å². The zero-order chi connectivity index (χ0) is 27.8. The number of likely N-dealkylation sites (N-methyl/N-ethyl adjacent to an activating group) is 1. The molecule has 2 heterocycles. The molecule has 40 heavy (non-hydrogen) atoms. The number of imide groups is 1. The molecule has 0 unspecified atom stereocenters. The van der Waals surface area contributed by atoms with Crippen molar-refractivity contribution in [3.8, 4) is 0 Å². The lowest BCUT2D eigenvalue weighted by molar-refractivity contribution is -0.118. The van der Waals surface area contributed by atoms with Crippen molar-refractivity contribution in [2.45, 2.75) is 0 Å². The van der Waals surface area contributed by atoms with Gasteiger partial charge in [0.25, 0.3) is 17.7 Å². The second-order valence-corrected chi connectivity index (χ2v) is 9.48. The number of carbonyl (C=O) groups excluding carboxylic acids is 4. The van der Waals surface area contributed by atoms with Gasteiger partial charge in [-0.05, 0) is 48.0 Å². The Morgan fingerprint density at radius 1 is 0.750 bits per heavy atom. The monoisotopic (exact) mass is 528 g/mol. The first-order valence-electron chi connectivity index (χ1n) is 12.7. The summed E-state index contributed by atoms with van der Waals surface area (Å²) in [6.07, 6.45) is 0. The predicted octanol–water partition coefficient (Wildman–Crippen LogP) is 4.88. The van der Waals surface area contributed by atoms with Crippen molar-refractivity contribution < 1.29 is 19.2 Å². The van der Waals surface area contributed by atoms with Crippen molar-refractivity contribution in [2.75, 3.05) is 29.1 Å². The minimum absolute atomic E-state index is 0.192. The van der Waals surface area contributed by atoms with E-state index in [4.69, 9.17) is 0 Å². The van der Waals surface area contributed by atoms with Gasteiger partial charge in [0.15, 0.2) is 0 Å². The summed E-state index contributed by atoms with van der Waals surface area (Å²) in [7, 11) is 1.60. The largest absolute Gasteiger partial charge is 0.354 e. The lowest BCUT2D eigenvalue weighted by atomic mass is 10.00. The maximum absolute atomic E-state index is 13.0. The lowest BCUT2D eigenvalue weighted by Crippen LogP contribution is -2.41. The third kappa shape index (κ3) is 4.31. The number of benzene rings is 4. The van der Waals surface area contributed by atoms with Crippen LogP contribution in [0.4, 0.5) is 17.1 Å². The van der Waals surface area contributed by atoms with Crippen molar-refractivity contribution in [3.63, 3.8) is 0 Å². The molecule has 0 bridgehead atoms. The molecule has 2 N–H and O–H groups in total. The summed E-state index contributed by atoms with van der Waals surface area (Å²) in [5, 5.41) is 6.33. The Morgan fingerprint density at radius 2 is 1.32 bits per heavy atom. The van der Waals surface area contributed by atoms with E-state index in [-0.39, 0.29) is 12.5 Å². The molecule has 4 amide bonds. The van der Waals surface area contributed by atoms with Gasteiger partial charge in [-0.25, -0.2) is 0 Å². The molecule has 0 saturated carbocycles. The second kappa shape index (κ2) is 9.99. The minimum atomic E-state index is -0.471. The molecule has 6 rings (SSSR count). The van der Waals surface area contributed by atoms with Crippen molar-refractivity contribution >= 4 is 52.0 Å². The van der Waals surface area contributed by atoms with E-state index in [0.717, 1.165) is 21.7 Å². The maximum Gasteiger partial charge on any atom is 0.262 e. The summed E-state index contributed by atoms with van der Waals surface area (Å²) in [5.41, 5.74) is 5.53. The SMILES string of the molecule is CN(C(=O)CN1C(=O)c2ccccc2C1=O)c1ccc(N/C(=C2\C(=O)Nc3ccccc32)c2ccccc2)cc1. The highest BCUT2D eigenvalue weighted by molar-refractivity contribution is 6.37. The smallest absolute Gasteiger partial charge is 0.262 e. The summed E-state index contributed by atoms with van der Waals surface area (Å²) in [4.78, 5) is 53.8. The molecule has 2 aliphatic heterocycles. The highest BCUT2D eigenvalue weighted by atomic mass is 16.2. The Hall–Kier alpha value is -5.50. The lowest BCUT2D eigenvalue weighted by Gasteiger charge is -2.21. The van der Waals surface area contributed by atoms with Gasteiger partial charge in [0, 0.05) is 29.7 Å². The van der Waals surface area contributed by atoms with Crippen LogP contribution in [-0.4, -0.2) is 42.1 Å². The summed E-state index contributed by atoms with van der Waals surface area (Å²) in [6.45, 7) is -0.360. The van der Waals surface area contributed by atoms with Crippen molar-refractivity contribution in [3.05, 3.63) is 125 Å². The van der Waals surface area contributed by atoms with Gasteiger partial charge in [-0.2, -0.15) is 0 Å². The van der Waals surface area contributed by atoms with Gasteiger partial charge in [0.1, 0.15) is 6.54 Å². The van der Waals surface area contributed by atoms with Crippen LogP contribution < -0.4 is 15.5 Å². The Balaban J connectivity index is 1.23. The zero-order valence-electron chi connectivity index (χ0n) is 21.5. The second-order valence-electron chi connectivity index (χ2n) is 9.48. The Morgan fingerprint density at radius 3 is 1.98 bits per heavy atom. The molecule has 0 radical (unpaired) electrons. The van der Waals surface area contributed by atoms with Gasteiger partial charge >= 0.3 is 0 Å². The van der Waals surface area contributed by atoms with Crippen LogP contribution in [0.2, 0.25) is 0 Å². The molecule has 4 aromatic carbocycles. The van der Waals surface area contributed by atoms with E-state index in [1.54, 1.807) is 43.4 Å². The number of para-hydroxylation sites is 1. The van der Waals surface area contributed by atoms with E-state index < -0.39 is 17.7 Å². The summed E-state index contributed by atoms with van der Waals surface area (Å²) >= 11 is 0. The van der Waals surface area contributed by atoms with Gasteiger partial charge in [-0.3, -0.25) is 24.1 Å². The highest BCUT2D eigenvalue weighted by Gasteiger charge is 2.37. The fourth-order valence-corrected chi connectivity index (χ4v) is 4.93. The van der Waals surface area contributed by atoms with Crippen molar-refractivity contribution in [2.24, 2.45) is 0 Å². The number of hydrogen-bond acceptors (Lipinski definition) is 5. The fraction of sp³-hybridized carbons (Fsp3) is 0.0625. The molecule has 0 atom stereocenters. The number of anilines is 3. The van der Waals surface area contributed by atoms with E-state index >= 15 is 0 Å². The van der Waals surface area contributed by atoms with Crippen LogP contribution in [0, 0.1) is 0 Å². The van der Waals surface area contributed by atoms with E-state index in [1.165, 1.54) is 4.90 Å². The Labute approximate surface area is 230 Å². The predicted molar refractivity (Wildman–Crippen MR) is 154 cm³/mol. The molecule has 0 saturated heterocycles. The van der Waals surface area contributed by atoms with Crippen LogP contribution in [-0.2, 0) is 9.59 Å². The summed E-state index contributed by atoms with van der Waals surface area (Å²) in [5.74, 6) is -1.54. The molecule has 196 valence electrons. The summed E-state index contributed by atoms with van der Waals surface area (Å²) < 4.78 is 0. The number of amides is 4.